The molecule has 1 heterocycles. The molecule has 0 aliphatic heterocycles. The number of carbonyl (C=O) groups excluding carboxylic acids is 2. The van der Waals surface area contributed by atoms with Crippen LogP contribution in [0.1, 0.15) is 37.8 Å². The first-order valence-electron chi connectivity index (χ1n) is 8.80. The van der Waals surface area contributed by atoms with Gasteiger partial charge in [0.25, 0.3) is 0 Å². The van der Waals surface area contributed by atoms with Crippen LogP contribution in [0.5, 0.6) is 0 Å². The third-order valence-electron chi connectivity index (χ3n) is 4.00. The number of rotatable bonds is 10. The van der Waals surface area contributed by atoms with Crippen LogP contribution < -0.4 is 10.6 Å². The second kappa shape index (κ2) is 10.3. The highest BCUT2D eigenvalue weighted by Gasteiger charge is 2.31. The van der Waals surface area contributed by atoms with Crippen molar-refractivity contribution in [3.05, 3.63) is 52.2 Å². The number of benzene rings is 1. The summed E-state index contributed by atoms with van der Waals surface area (Å²) in [5.41, 5.74) is 0.667. The van der Waals surface area contributed by atoms with Gasteiger partial charge in [-0.3, -0.25) is 24.5 Å². The zero-order valence-electron chi connectivity index (χ0n) is 15.5. The number of nitro groups is 1. The Morgan fingerprint density at radius 2 is 1.97 bits per heavy atom. The van der Waals surface area contributed by atoms with Gasteiger partial charge in [-0.25, -0.2) is 4.98 Å². The van der Waals surface area contributed by atoms with Crippen LogP contribution in [0.15, 0.2) is 36.5 Å². The molecule has 2 atom stereocenters. The van der Waals surface area contributed by atoms with Gasteiger partial charge in [-0.2, -0.15) is 0 Å². The molecule has 2 unspecified atom stereocenters. The maximum absolute atomic E-state index is 12.5. The molecule has 10 nitrogen and oxygen atoms in total. The number of carboxylic acids is 1. The Hall–Kier alpha value is -3.34. The smallest absolute Gasteiger partial charge is 0.345 e. The monoisotopic (exact) mass is 420 g/mol. The van der Waals surface area contributed by atoms with Crippen LogP contribution in [0.3, 0.4) is 0 Å². The highest BCUT2D eigenvalue weighted by molar-refractivity contribution is 7.18. The van der Waals surface area contributed by atoms with E-state index >= 15 is 0 Å². The van der Waals surface area contributed by atoms with Crippen molar-refractivity contribution >= 4 is 39.3 Å². The molecule has 29 heavy (non-hydrogen) atoms. The second-order valence-electron chi connectivity index (χ2n) is 6.16. The molecule has 0 aliphatic rings. The Bertz CT molecular complexity index is 885. The summed E-state index contributed by atoms with van der Waals surface area (Å²) in [7, 11) is 0. The van der Waals surface area contributed by atoms with Gasteiger partial charge in [0.1, 0.15) is 12.1 Å². The van der Waals surface area contributed by atoms with E-state index in [1.807, 2.05) is 6.92 Å². The number of nitrogens with zero attached hydrogens (tertiary/aromatic N) is 2. The molecular formula is C18H20N4O6S. The van der Waals surface area contributed by atoms with Gasteiger partial charge in [0.15, 0.2) is 5.13 Å². The summed E-state index contributed by atoms with van der Waals surface area (Å²) < 4.78 is 0. The molecule has 1 aromatic heterocycles. The van der Waals surface area contributed by atoms with E-state index in [4.69, 9.17) is 0 Å². The number of carboxylic acid groups (broad SMARTS) is 1. The van der Waals surface area contributed by atoms with Crippen LogP contribution in [-0.4, -0.2) is 32.8 Å². The minimum Gasteiger partial charge on any atom is -0.481 e. The molecule has 1 aromatic carbocycles. The fourth-order valence-corrected chi connectivity index (χ4v) is 3.25. The lowest BCUT2D eigenvalue weighted by Crippen LogP contribution is -2.36. The summed E-state index contributed by atoms with van der Waals surface area (Å²) in [5.74, 6) is -3.99. The van der Waals surface area contributed by atoms with Gasteiger partial charge in [-0.1, -0.05) is 37.3 Å². The van der Waals surface area contributed by atoms with Crippen molar-refractivity contribution in [3.8, 4) is 0 Å². The summed E-state index contributed by atoms with van der Waals surface area (Å²) in [5, 5.41) is 25.0. The molecule has 0 aliphatic carbocycles. The van der Waals surface area contributed by atoms with Crippen molar-refractivity contribution in [3.63, 3.8) is 0 Å². The summed E-state index contributed by atoms with van der Waals surface area (Å²) in [4.78, 5) is 50.1. The van der Waals surface area contributed by atoms with Crippen molar-refractivity contribution in [1.82, 2.24) is 10.3 Å². The van der Waals surface area contributed by atoms with Crippen molar-refractivity contribution in [2.45, 2.75) is 32.2 Å². The van der Waals surface area contributed by atoms with Crippen molar-refractivity contribution in [2.24, 2.45) is 5.92 Å². The van der Waals surface area contributed by atoms with Crippen LogP contribution in [0.4, 0.5) is 10.1 Å². The summed E-state index contributed by atoms with van der Waals surface area (Å²) in [6.45, 7) is 1.85. The molecule has 0 spiro atoms. The van der Waals surface area contributed by atoms with E-state index in [2.05, 4.69) is 15.6 Å². The molecule has 154 valence electrons. The van der Waals surface area contributed by atoms with Gasteiger partial charge in [0.2, 0.25) is 11.8 Å². The molecule has 0 radical (unpaired) electrons. The normalized spacial score (nSPS) is 12.6. The maximum atomic E-state index is 12.5. The third kappa shape index (κ3) is 6.35. The Labute approximate surface area is 170 Å². The standard InChI is InChI=1S/C18H20N4O6S/c1-2-6-14(23)20-13(11-7-4-3-5-8-11)9-12(17(25)26)16(24)21-18-19-10-15(29-18)22(27)28/h3-5,7-8,10,12-13H,2,6,9H2,1H3,(H,20,23)(H,25,26)(H,19,21,24). The molecule has 0 saturated carbocycles. The summed E-state index contributed by atoms with van der Waals surface area (Å²) >= 11 is 0.626. The van der Waals surface area contributed by atoms with Crippen LogP contribution in [0.25, 0.3) is 0 Å². The van der Waals surface area contributed by atoms with Crippen molar-refractivity contribution < 1.29 is 24.4 Å². The average molecular weight is 420 g/mol. The third-order valence-corrected chi connectivity index (χ3v) is 4.87. The first-order chi connectivity index (χ1) is 13.8. The number of hydrogen-bond acceptors (Lipinski definition) is 7. The fourth-order valence-electron chi connectivity index (χ4n) is 2.61. The van der Waals surface area contributed by atoms with E-state index in [0.717, 1.165) is 6.20 Å². The first kappa shape index (κ1) is 22.0. The lowest BCUT2D eigenvalue weighted by molar-refractivity contribution is -0.380. The lowest BCUT2D eigenvalue weighted by atomic mass is 9.93. The number of carbonyl (C=O) groups is 3. The van der Waals surface area contributed by atoms with E-state index < -0.39 is 28.8 Å². The SMILES string of the molecule is CCCC(=O)NC(CC(C(=O)O)C(=O)Nc1ncc([N+](=O)[O-])s1)c1ccccc1. The van der Waals surface area contributed by atoms with E-state index in [9.17, 15) is 29.6 Å². The number of amides is 2. The number of aliphatic carboxylic acids is 1. The number of aromatic nitrogens is 1. The first-order valence-corrected chi connectivity index (χ1v) is 9.61. The van der Waals surface area contributed by atoms with E-state index in [1.54, 1.807) is 30.3 Å². The number of nitrogens with one attached hydrogen (secondary N) is 2. The van der Waals surface area contributed by atoms with Crippen molar-refractivity contribution in [1.29, 1.82) is 0 Å². The second-order valence-corrected chi connectivity index (χ2v) is 7.17. The van der Waals surface area contributed by atoms with Gasteiger partial charge < -0.3 is 15.7 Å². The van der Waals surface area contributed by atoms with E-state index in [0.29, 0.717) is 23.3 Å². The highest BCUT2D eigenvalue weighted by atomic mass is 32.1. The number of hydrogen-bond donors (Lipinski definition) is 3. The van der Waals surface area contributed by atoms with Crippen LogP contribution in [-0.2, 0) is 14.4 Å². The molecule has 2 amide bonds. The van der Waals surface area contributed by atoms with Gasteiger partial charge in [-0.15, -0.1) is 0 Å². The average Bonchev–Trinajstić information content (AvgIpc) is 3.14. The Kier molecular flexibility index (Phi) is 7.78. The molecule has 0 fully saturated rings. The van der Waals surface area contributed by atoms with Gasteiger partial charge in [-0.05, 0) is 29.7 Å². The molecule has 0 bridgehead atoms. The quantitative estimate of drug-likeness (QED) is 0.303. The number of thiazole rings is 1. The molecule has 2 rings (SSSR count). The van der Waals surface area contributed by atoms with Crippen LogP contribution >= 0.6 is 11.3 Å². The highest BCUT2D eigenvalue weighted by Crippen LogP contribution is 2.27. The molecule has 11 heteroatoms. The molecular weight excluding hydrogens is 400 g/mol. The topological polar surface area (TPSA) is 152 Å². The maximum Gasteiger partial charge on any atom is 0.345 e. The van der Waals surface area contributed by atoms with E-state index in [-0.39, 0.29) is 28.9 Å². The number of anilines is 1. The van der Waals surface area contributed by atoms with Crippen LogP contribution in [0.2, 0.25) is 0 Å². The Morgan fingerprint density at radius 3 is 2.52 bits per heavy atom. The summed E-state index contributed by atoms with van der Waals surface area (Å²) in [6.07, 6.45) is 1.69. The van der Waals surface area contributed by atoms with Crippen LogP contribution in [0, 0.1) is 16.0 Å². The minimum absolute atomic E-state index is 0.0702. The molecule has 2 aromatic rings. The lowest BCUT2D eigenvalue weighted by Gasteiger charge is -2.22. The van der Waals surface area contributed by atoms with Gasteiger partial charge >= 0.3 is 11.0 Å². The van der Waals surface area contributed by atoms with Crippen molar-refractivity contribution in [2.75, 3.05) is 5.32 Å². The Balaban J connectivity index is 2.19. The molecule has 0 saturated heterocycles. The zero-order valence-corrected chi connectivity index (χ0v) is 16.3. The largest absolute Gasteiger partial charge is 0.481 e. The minimum atomic E-state index is -1.50. The predicted octanol–water partition coefficient (Wildman–Crippen LogP) is 2.74. The summed E-state index contributed by atoms with van der Waals surface area (Å²) in [6, 6.07) is 8.06. The Morgan fingerprint density at radius 1 is 1.28 bits per heavy atom. The van der Waals surface area contributed by atoms with Gasteiger partial charge in [0.05, 0.1) is 11.0 Å². The predicted molar refractivity (Wildman–Crippen MR) is 105 cm³/mol. The van der Waals surface area contributed by atoms with Gasteiger partial charge in [0, 0.05) is 6.42 Å². The zero-order chi connectivity index (χ0) is 21.4. The van der Waals surface area contributed by atoms with E-state index in [1.165, 1.54) is 0 Å². The fraction of sp³-hybridized carbons (Fsp3) is 0.333. The molecule has 3 N–H and O–H groups in total.